The van der Waals surface area contributed by atoms with Crippen molar-refractivity contribution < 1.29 is 59.7 Å². The van der Waals surface area contributed by atoms with Gasteiger partial charge >= 0.3 is 1.43 Å². The van der Waals surface area contributed by atoms with Gasteiger partial charge in [0.25, 0.3) is 20.2 Å². The number of halogens is 1. The predicted molar refractivity (Wildman–Crippen MR) is 110 cm³/mol. The van der Waals surface area contributed by atoms with Crippen molar-refractivity contribution in [2.45, 2.75) is 9.79 Å². The summed E-state index contributed by atoms with van der Waals surface area (Å²) < 4.78 is 70.1. The zero-order valence-electron chi connectivity index (χ0n) is 16.8. The van der Waals surface area contributed by atoms with Crippen molar-refractivity contribution >= 4 is 54.0 Å². The molecule has 0 bridgehead atoms. The van der Waals surface area contributed by atoms with Gasteiger partial charge in [0.05, 0.1) is 17.0 Å². The Morgan fingerprint density at radius 1 is 0.969 bits per heavy atom. The Bertz CT molecular complexity index is 1470. The van der Waals surface area contributed by atoms with E-state index in [2.05, 4.69) is 10.2 Å². The Balaban J connectivity index is 0.00000272. The van der Waals surface area contributed by atoms with Gasteiger partial charge in [-0.25, -0.2) is 0 Å². The molecular formula is C17H14ClCrN2O9S2+. The van der Waals surface area contributed by atoms with Crippen LogP contribution in [0.3, 0.4) is 0 Å². The summed E-state index contributed by atoms with van der Waals surface area (Å²) in [6.07, 6.45) is 0. The van der Waals surface area contributed by atoms with Gasteiger partial charge in [-0.15, -0.1) is 10.2 Å². The zero-order chi connectivity index (χ0) is 23.1. The Morgan fingerprint density at radius 3 is 2.19 bits per heavy atom. The molecule has 0 atom stereocenters. The van der Waals surface area contributed by atoms with Gasteiger partial charge in [-0.3, -0.25) is 9.11 Å². The van der Waals surface area contributed by atoms with Gasteiger partial charge in [0.1, 0.15) is 27.8 Å². The van der Waals surface area contributed by atoms with E-state index < -0.39 is 47.2 Å². The van der Waals surface area contributed by atoms with Crippen molar-refractivity contribution in [3.05, 3.63) is 41.4 Å². The molecule has 0 aliphatic rings. The fourth-order valence-electron chi connectivity index (χ4n) is 2.66. The van der Waals surface area contributed by atoms with E-state index in [-0.39, 0.29) is 46.0 Å². The van der Waals surface area contributed by atoms with Gasteiger partial charge in [-0.2, -0.15) is 16.8 Å². The zero-order valence-corrected chi connectivity index (χ0v) is 19.5. The molecule has 0 unspecified atom stereocenters. The van der Waals surface area contributed by atoms with E-state index >= 15 is 0 Å². The van der Waals surface area contributed by atoms with Gasteiger partial charge in [-0.1, -0.05) is 11.6 Å². The molecule has 0 radical (unpaired) electrons. The average molecular weight is 542 g/mol. The molecule has 0 amide bonds. The minimum Gasteiger partial charge on any atom is -0.506 e. The van der Waals surface area contributed by atoms with E-state index in [0.29, 0.717) is 0 Å². The minimum atomic E-state index is -4.96. The first-order chi connectivity index (χ1) is 14.3. The summed E-state index contributed by atoms with van der Waals surface area (Å²) in [5.41, 5.74) is -0.869. The second-order valence-corrected chi connectivity index (χ2v) is 9.30. The maximum Gasteiger partial charge on any atom is 1.00 e. The Hall–Kier alpha value is -2.44. The van der Waals surface area contributed by atoms with Gasteiger partial charge in [0.15, 0.2) is 5.75 Å². The van der Waals surface area contributed by atoms with Gasteiger partial charge in [0, 0.05) is 34.9 Å². The van der Waals surface area contributed by atoms with Crippen LogP contribution < -0.4 is 4.74 Å². The summed E-state index contributed by atoms with van der Waals surface area (Å²) in [4.78, 5) is -1.46. The number of fused-ring (bicyclic) bond motifs is 1. The smallest absolute Gasteiger partial charge is 0.506 e. The van der Waals surface area contributed by atoms with Crippen LogP contribution in [0.25, 0.3) is 10.8 Å². The maximum absolute atomic E-state index is 11.8. The normalized spacial score (nSPS) is 12.1. The number of hydrogen-bond donors (Lipinski definition) is 4. The number of nitrogens with zero attached hydrogens (tertiary/aromatic N) is 2. The second kappa shape index (κ2) is 9.20. The number of phenols is 2. The number of ether oxygens (including phenoxy) is 1. The third kappa shape index (κ3) is 5.13. The summed E-state index contributed by atoms with van der Waals surface area (Å²) in [6.45, 7) is 0. The Labute approximate surface area is 199 Å². The molecule has 32 heavy (non-hydrogen) atoms. The summed E-state index contributed by atoms with van der Waals surface area (Å²) in [5.74, 6) is -1.05. The number of rotatable bonds is 5. The number of azo groups is 1. The Kier molecular flexibility index (Phi) is 7.42. The van der Waals surface area contributed by atoms with Crippen LogP contribution in [0.2, 0.25) is 5.02 Å². The molecule has 3 rings (SSSR count). The van der Waals surface area contributed by atoms with Crippen LogP contribution in [0.1, 0.15) is 1.43 Å². The molecule has 3 aromatic carbocycles. The van der Waals surface area contributed by atoms with Crippen LogP contribution in [0.4, 0.5) is 11.4 Å². The molecule has 0 saturated carbocycles. The predicted octanol–water partition coefficient (Wildman–Crippen LogP) is 3.93. The van der Waals surface area contributed by atoms with Crippen molar-refractivity contribution in [2.75, 3.05) is 7.11 Å². The second-order valence-electron chi connectivity index (χ2n) is 6.08. The molecule has 0 fully saturated rings. The standard InChI is InChI=1S/C17H13ClN2O9S2.Cr/c1-29-14-7-12(13(21)6-11(14)18)19-20-16-15(31(26,27)28)5-8-4-9(30(23,24)25)2-3-10(8)17(16)22;/h2-7,21-22H,1H3,(H,23,24,25)(H,26,27,28);/p+1. The molecule has 4 N–H and O–H groups in total. The van der Waals surface area contributed by atoms with Crippen molar-refractivity contribution in [3.63, 3.8) is 0 Å². The molecular weight excluding hydrogens is 528 g/mol. The van der Waals surface area contributed by atoms with Gasteiger partial charge in [0.2, 0.25) is 0 Å². The van der Waals surface area contributed by atoms with Crippen LogP contribution in [0.15, 0.2) is 56.4 Å². The summed E-state index contributed by atoms with van der Waals surface area (Å²) in [7, 11) is -8.27. The minimum absolute atomic E-state index is 0. The van der Waals surface area contributed by atoms with E-state index in [1.807, 2.05) is 0 Å². The average Bonchev–Trinajstić information content (AvgIpc) is 2.66. The quantitative estimate of drug-likeness (QED) is 0.274. The third-order valence-corrected chi connectivity index (χ3v) is 6.12. The van der Waals surface area contributed by atoms with Crippen LogP contribution >= 0.6 is 11.6 Å². The van der Waals surface area contributed by atoms with Gasteiger partial charge < -0.3 is 14.9 Å². The summed E-state index contributed by atoms with van der Waals surface area (Å²) in [6, 6.07) is 6.12. The number of aromatic hydroxyl groups is 2. The van der Waals surface area contributed by atoms with E-state index in [1.165, 1.54) is 13.2 Å². The molecule has 0 saturated heterocycles. The number of phenolic OH excluding ortho intramolecular Hbond substituents is 2. The topological polar surface area (TPSA) is 183 Å². The molecule has 0 spiro atoms. The fraction of sp³-hybridized carbons (Fsp3) is 0.0588. The number of hydrogen-bond acceptors (Lipinski definition) is 9. The van der Waals surface area contributed by atoms with Crippen molar-refractivity contribution in [1.29, 1.82) is 0 Å². The molecule has 170 valence electrons. The first-order valence-corrected chi connectivity index (χ1v) is 11.3. The first-order valence-electron chi connectivity index (χ1n) is 8.06. The first kappa shape index (κ1) is 25.8. The molecule has 0 aromatic heterocycles. The molecule has 15 heteroatoms. The number of methoxy groups -OCH3 is 1. The SMILES string of the molecule is COc1cc(N=Nc2c(S(=O)(=O)O)cc3cc(S(=O)(=O)O)ccc3c2O)c(O)cc1Cl.[Cr].[H+]. The van der Waals surface area contributed by atoms with E-state index in [4.69, 9.17) is 20.9 Å². The van der Waals surface area contributed by atoms with Crippen molar-refractivity contribution in [2.24, 2.45) is 10.2 Å². The van der Waals surface area contributed by atoms with Crippen LogP contribution in [-0.2, 0) is 37.6 Å². The van der Waals surface area contributed by atoms with Crippen LogP contribution in [0.5, 0.6) is 17.2 Å². The summed E-state index contributed by atoms with van der Waals surface area (Å²) in [5, 5.41) is 27.7. The number of benzene rings is 3. The fourth-order valence-corrected chi connectivity index (χ4v) is 4.06. The molecule has 3 aromatic rings. The van der Waals surface area contributed by atoms with Gasteiger partial charge in [-0.05, 0) is 29.7 Å². The van der Waals surface area contributed by atoms with E-state index in [9.17, 15) is 31.6 Å². The van der Waals surface area contributed by atoms with Crippen LogP contribution in [-0.4, -0.2) is 43.3 Å². The van der Waals surface area contributed by atoms with Crippen molar-refractivity contribution in [3.8, 4) is 17.2 Å². The largest absolute Gasteiger partial charge is 1.00 e. The molecule has 0 aliphatic heterocycles. The Morgan fingerprint density at radius 2 is 1.62 bits per heavy atom. The van der Waals surface area contributed by atoms with Crippen molar-refractivity contribution in [1.82, 2.24) is 0 Å². The third-order valence-electron chi connectivity index (χ3n) is 4.10. The molecule has 0 aliphatic carbocycles. The maximum atomic E-state index is 11.8. The van der Waals surface area contributed by atoms with E-state index in [1.54, 1.807) is 0 Å². The van der Waals surface area contributed by atoms with E-state index in [0.717, 1.165) is 30.3 Å². The molecule has 0 heterocycles. The summed E-state index contributed by atoms with van der Waals surface area (Å²) >= 11 is 5.87. The monoisotopic (exact) mass is 541 g/mol. The molecule has 11 nitrogen and oxygen atoms in total. The van der Waals surface area contributed by atoms with Crippen LogP contribution in [0, 0.1) is 0 Å².